The van der Waals surface area contributed by atoms with E-state index < -0.39 is 11.6 Å². The molecule has 30 heavy (non-hydrogen) atoms. The van der Waals surface area contributed by atoms with Crippen molar-refractivity contribution in [2.45, 2.75) is 50.0 Å². The smallest absolute Gasteiger partial charge is 0.272 e. The van der Waals surface area contributed by atoms with Crippen LogP contribution in [-0.2, 0) is 13.5 Å². The summed E-state index contributed by atoms with van der Waals surface area (Å²) in [6.07, 6.45) is 11.3. The van der Waals surface area contributed by atoms with Gasteiger partial charge in [0.05, 0.1) is 0 Å². The molecule has 1 unspecified atom stereocenters. The Bertz CT molecular complexity index is 897. The number of hydrogen-bond acceptors (Lipinski definition) is 3. The largest absolute Gasteiger partial charge is 0.412 e. The zero-order valence-corrected chi connectivity index (χ0v) is 17.9. The molecule has 0 bridgehead atoms. The van der Waals surface area contributed by atoms with E-state index in [0.717, 1.165) is 41.9 Å². The summed E-state index contributed by atoms with van der Waals surface area (Å²) < 4.78 is 31.8. The lowest BCUT2D eigenvalue weighted by molar-refractivity contribution is 0.101. The number of amides is 1. The number of nitrogens with one attached hydrogen (secondary N) is 2. The molecule has 1 aliphatic heterocycles. The van der Waals surface area contributed by atoms with E-state index in [0.29, 0.717) is 18.2 Å². The molecule has 1 aromatic carbocycles. The summed E-state index contributed by atoms with van der Waals surface area (Å²) in [7, 11) is 1.82. The fraction of sp³-hybridized carbons (Fsp3) is 0.381. The molecule has 0 radical (unpaired) electrons. The van der Waals surface area contributed by atoms with Crippen LogP contribution in [0.3, 0.4) is 0 Å². The summed E-state index contributed by atoms with van der Waals surface area (Å²) in [6.45, 7) is 2.16. The number of carbonyl (C=O) groups is 1. The Labute approximate surface area is 182 Å². The summed E-state index contributed by atoms with van der Waals surface area (Å²) in [5.41, 5.74) is 1.66. The summed E-state index contributed by atoms with van der Waals surface area (Å²) in [6, 6.07) is 3.72. The summed E-state index contributed by atoms with van der Waals surface area (Å²) in [5.74, 6) is -2.27. The van der Waals surface area contributed by atoms with Crippen molar-refractivity contribution in [1.82, 2.24) is 9.29 Å². The van der Waals surface area contributed by atoms with E-state index in [9.17, 15) is 13.6 Å². The van der Waals surface area contributed by atoms with Crippen molar-refractivity contribution >= 4 is 23.5 Å². The number of carbonyl (C=O) groups excluding carboxylic acids is 1. The van der Waals surface area contributed by atoms with Gasteiger partial charge in [0.2, 0.25) is 0 Å². The third-order valence-corrected chi connectivity index (χ3v) is 5.85. The highest BCUT2D eigenvalue weighted by Crippen LogP contribution is 2.28. The van der Waals surface area contributed by atoms with E-state index in [-0.39, 0.29) is 25.4 Å². The molecule has 6 N–H and O–H groups in total. The molecule has 2 heterocycles. The average molecular weight is 446 g/mol. The summed E-state index contributed by atoms with van der Waals surface area (Å²) in [5, 5.41) is 2.68. The zero-order chi connectivity index (χ0) is 20.1. The molecular formula is C21H33F2N3O3S. The van der Waals surface area contributed by atoms with Gasteiger partial charge < -0.3 is 20.8 Å². The number of fused-ring (bicyclic) bond motifs is 1. The fourth-order valence-corrected chi connectivity index (χ4v) is 4.21. The van der Waals surface area contributed by atoms with Crippen LogP contribution in [0.15, 0.2) is 41.4 Å². The first-order valence-electron chi connectivity index (χ1n) is 9.47. The number of halogens is 2. The maximum Gasteiger partial charge on any atom is 0.272 e. The molecule has 0 spiro atoms. The fourth-order valence-electron chi connectivity index (χ4n) is 3.25. The zero-order valence-electron chi connectivity index (χ0n) is 17.1. The van der Waals surface area contributed by atoms with Crippen molar-refractivity contribution in [3.8, 4) is 0 Å². The van der Waals surface area contributed by atoms with E-state index >= 15 is 0 Å². The number of rotatable bonds is 2. The Balaban J connectivity index is 0. The van der Waals surface area contributed by atoms with Crippen LogP contribution in [0.2, 0.25) is 0 Å². The lowest BCUT2D eigenvalue weighted by Crippen LogP contribution is -2.19. The Morgan fingerprint density at radius 2 is 2.00 bits per heavy atom. The second kappa shape index (κ2) is 11.8. The van der Waals surface area contributed by atoms with Gasteiger partial charge >= 0.3 is 0 Å². The number of nitrogens with zero attached hydrogens (tertiary/aromatic N) is 1. The van der Waals surface area contributed by atoms with Gasteiger partial charge in [-0.05, 0) is 56.7 Å². The van der Waals surface area contributed by atoms with Crippen molar-refractivity contribution in [2.24, 2.45) is 7.05 Å². The van der Waals surface area contributed by atoms with Crippen LogP contribution in [0, 0.1) is 11.6 Å². The Kier molecular flexibility index (Phi) is 10.2. The highest BCUT2D eigenvalue weighted by atomic mass is 32.2. The van der Waals surface area contributed by atoms with Crippen LogP contribution in [0.25, 0.3) is 0 Å². The van der Waals surface area contributed by atoms with Gasteiger partial charge in [-0.3, -0.25) is 9.52 Å². The average Bonchev–Trinajstić information content (AvgIpc) is 2.96. The lowest BCUT2D eigenvalue weighted by Gasteiger charge is -2.14. The normalized spacial score (nSPS) is 17.9. The molecule has 2 aromatic rings. The van der Waals surface area contributed by atoms with Crippen molar-refractivity contribution < 1.29 is 27.4 Å². The molecule has 9 heteroatoms. The Morgan fingerprint density at radius 3 is 2.73 bits per heavy atom. The van der Waals surface area contributed by atoms with Gasteiger partial charge in [0.15, 0.2) is 11.6 Å². The van der Waals surface area contributed by atoms with Crippen molar-refractivity contribution in [2.75, 3.05) is 5.32 Å². The van der Waals surface area contributed by atoms with Crippen LogP contribution in [0.1, 0.15) is 51.5 Å². The van der Waals surface area contributed by atoms with Gasteiger partial charge in [-0.15, -0.1) is 0 Å². The van der Waals surface area contributed by atoms with E-state index in [1.54, 1.807) is 4.57 Å². The number of hydrogen-bond donors (Lipinski definition) is 2. The molecule has 1 atom stereocenters. The molecule has 1 amide bonds. The minimum absolute atomic E-state index is 0. The molecule has 6 nitrogen and oxygen atoms in total. The SMILES string of the molecule is CC1CCCC/C=C/Cc2c(cn(C)c2C(=O)Nc2ccc(F)c(F)c2)SN1.O.O.[HH].[HH]. The highest BCUT2D eigenvalue weighted by molar-refractivity contribution is 7.97. The Morgan fingerprint density at radius 1 is 1.23 bits per heavy atom. The number of allylic oxidation sites excluding steroid dienone is 2. The topological polar surface area (TPSA) is 109 Å². The number of anilines is 1. The predicted molar refractivity (Wildman–Crippen MR) is 121 cm³/mol. The van der Waals surface area contributed by atoms with Crippen LogP contribution in [0.5, 0.6) is 0 Å². The summed E-state index contributed by atoms with van der Waals surface area (Å²) in [4.78, 5) is 13.9. The first-order chi connectivity index (χ1) is 13.5. The molecule has 0 saturated carbocycles. The number of aryl methyl sites for hydroxylation is 1. The maximum absolute atomic E-state index is 13.5. The third kappa shape index (κ3) is 6.40. The molecule has 0 saturated heterocycles. The van der Waals surface area contributed by atoms with Gasteiger partial charge in [0.1, 0.15) is 5.69 Å². The van der Waals surface area contributed by atoms with E-state index in [1.807, 2.05) is 13.2 Å². The van der Waals surface area contributed by atoms with E-state index in [2.05, 4.69) is 29.1 Å². The van der Waals surface area contributed by atoms with Gasteiger partial charge in [0, 0.05) is 44.4 Å². The van der Waals surface area contributed by atoms with Crippen molar-refractivity contribution in [3.05, 3.63) is 59.4 Å². The first-order valence-corrected chi connectivity index (χ1v) is 10.3. The standard InChI is InChI=1S/C21H25F2N3OS.2H2O.2H2/c1-14-8-6-4-3-5-7-9-16-19(28-25-14)13-26(2)20(16)21(27)24-15-10-11-17(22)18(23)12-15;;;;/h5,7,10-14,25H,3-4,6,8-9H2,1-2H3,(H,24,27);2*1H2;2*1H/b7-5+;;;;. The van der Waals surface area contributed by atoms with Gasteiger partial charge in [-0.2, -0.15) is 0 Å². The van der Waals surface area contributed by atoms with Gasteiger partial charge in [-0.25, -0.2) is 8.78 Å². The molecule has 1 aliphatic rings. The predicted octanol–water partition coefficient (Wildman–Crippen LogP) is 4.06. The molecule has 1 aromatic heterocycles. The monoisotopic (exact) mass is 445 g/mol. The lowest BCUT2D eigenvalue weighted by atomic mass is 10.1. The minimum Gasteiger partial charge on any atom is -0.412 e. The second-order valence-corrected chi connectivity index (χ2v) is 7.98. The Hall–Kier alpha value is -2.20. The highest BCUT2D eigenvalue weighted by Gasteiger charge is 2.21. The van der Waals surface area contributed by atoms with Crippen LogP contribution < -0.4 is 10.0 Å². The van der Waals surface area contributed by atoms with Crippen LogP contribution in [-0.4, -0.2) is 27.5 Å². The van der Waals surface area contributed by atoms with Crippen molar-refractivity contribution in [1.29, 1.82) is 0 Å². The second-order valence-electron chi connectivity index (χ2n) is 7.10. The molecule has 0 aliphatic carbocycles. The van der Waals surface area contributed by atoms with Crippen LogP contribution in [0.4, 0.5) is 14.5 Å². The first kappa shape index (κ1) is 25.8. The summed E-state index contributed by atoms with van der Waals surface area (Å²) >= 11 is 1.54. The van der Waals surface area contributed by atoms with Gasteiger partial charge in [0.25, 0.3) is 5.91 Å². The molecule has 170 valence electrons. The number of benzene rings is 1. The number of aromatic nitrogens is 1. The maximum atomic E-state index is 13.5. The molecule has 3 rings (SSSR count). The minimum atomic E-state index is -0.989. The van der Waals surface area contributed by atoms with E-state index in [4.69, 9.17) is 0 Å². The molecular weight excluding hydrogens is 412 g/mol. The van der Waals surface area contributed by atoms with E-state index in [1.165, 1.54) is 24.4 Å². The third-order valence-electron chi connectivity index (χ3n) is 4.76. The quantitative estimate of drug-likeness (QED) is 0.537. The van der Waals surface area contributed by atoms with Gasteiger partial charge in [-0.1, -0.05) is 18.6 Å². The molecule has 0 fully saturated rings. The van der Waals surface area contributed by atoms with Crippen molar-refractivity contribution in [3.63, 3.8) is 0 Å². The van der Waals surface area contributed by atoms with Crippen LogP contribution >= 0.6 is 11.9 Å².